The van der Waals surface area contributed by atoms with E-state index in [2.05, 4.69) is 8.58 Å². The van der Waals surface area contributed by atoms with Gasteiger partial charge < -0.3 is 23.7 Å². The Bertz CT molecular complexity index is 97.6. The van der Waals surface area contributed by atoms with Gasteiger partial charge in [0.1, 0.15) is 0 Å². The molecule has 0 aromatic heterocycles. The minimum Gasteiger partial charge on any atom is -0.483 e. The highest BCUT2D eigenvalue weighted by Crippen LogP contribution is 1.81. The third kappa shape index (κ3) is 24.5. The number of halogens is 2. The van der Waals surface area contributed by atoms with Crippen LogP contribution in [-0.2, 0) is 13.4 Å². The number of rotatable bonds is 5. The summed E-state index contributed by atoms with van der Waals surface area (Å²) in [6.45, 7) is -0.904. The van der Waals surface area contributed by atoms with Crippen LogP contribution in [-0.4, -0.2) is 24.8 Å². The van der Waals surface area contributed by atoms with Crippen molar-refractivity contribution in [2.75, 3.05) is 13.2 Å². The minimum absolute atomic E-state index is 0.250. The summed E-state index contributed by atoms with van der Waals surface area (Å²) in [5.74, 6) is 0. The normalized spacial score (nSPS) is 9.69. The molecule has 0 aliphatic heterocycles. The van der Waals surface area contributed by atoms with Crippen molar-refractivity contribution in [3.8, 4) is 0 Å². The fourth-order valence-electron chi connectivity index (χ4n) is 0.189. The molecule has 0 atom stereocenters. The summed E-state index contributed by atoms with van der Waals surface area (Å²) in [5.41, 5.74) is 0. The zero-order chi connectivity index (χ0) is 10.7. The summed E-state index contributed by atoms with van der Waals surface area (Å²) < 4.78 is 46.0. The topological polar surface area (TPSA) is 148 Å². The summed E-state index contributed by atoms with van der Waals surface area (Å²) in [6.07, 6.45) is 0. The second-order valence-corrected chi connectivity index (χ2v) is 2.30. The maximum absolute atomic E-state index is 9.57. The second-order valence-electron chi connectivity index (χ2n) is 1.11. The number of hydrogen-bond donors (Lipinski definition) is 1. The summed E-state index contributed by atoms with van der Waals surface area (Å²) >= 11 is 0. The van der Waals surface area contributed by atoms with Gasteiger partial charge in [-0.1, -0.05) is 0 Å². The molecule has 13 heavy (non-hydrogen) atoms. The van der Waals surface area contributed by atoms with Gasteiger partial charge in [0, 0.05) is 8.58 Å². The highest BCUT2D eigenvalue weighted by molar-refractivity contribution is 5.32. The van der Waals surface area contributed by atoms with Gasteiger partial charge in [-0.2, -0.15) is 0 Å². The zero-order valence-corrected chi connectivity index (χ0v) is 7.56. The first kappa shape index (κ1) is 15.3. The van der Waals surface area contributed by atoms with Gasteiger partial charge in [-0.25, -0.2) is 0 Å². The smallest absolute Gasteiger partial charge is 0.290 e. The van der Waals surface area contributed by atoms with Gasteiger partial charge in [-0.15, -0.1) is 0 Å². The van der Waals surface area contributed by atoms with Gasteiger partial charge in [0.2, 0.25) is 0 Å². The van der Waals surface area contributed by atoms with E-state index < -0.39 is 21.6 Å². The molecule has 0 amide bonds. The van der Waals surface area contributed by atoms with Crippen LogP contribution in [0.15, 0.2) is 0 Å². The molecule has 1 N–H and O–H groups in total. The summed E-state index contributed by atoms with van der Waals surface area (Å²) in [4.78, 5) is 8.36. The molecule has 0 aliphatic rings. The Labute approximate surface area is 79.1 Å². The van der Waals surface area contributed by atoms with Crippen LogP contribution in [0.3, 0.4) is 0 Å². The molecule has 8 nitrogen and oxygen atoms in total. The fraction of sp³-hybridized carbons (Fsp3) is 0.667. The van der Waals surface area contributed by atoms with Crippen LogP contribution in [0.1, 0.15) is 0 Å². The second kappa shape index (κ2) is 11.8. The van der Waals surface area contributed by atoms with Crippen molar-refractivity contribution in [2.45, 2.75) is 0 Å². The van der Waals surface area contributed by atoms with Gasteiger partial charge in [-0.05, 0) is 0 Å². The quantitative estimate of drug-likeness (QED) is 0.371. The predicted octanol–water partition coefficient (Wildman–Crippen LogP) is -5.11. The van der Waals surface area contributed by atoms with Crippen LogP contribution < -0.4 is 18.6 Å². The molecule has 0 spiro atoms. The molecular weight excluding hydrogens is 235 g/mol. The Morgan fingerprint density at radius 3 is 1.46 bits per heavy atom. The van der Waals surface area contributed by atoms with Crippen LogP contribution in [0.5, 0.6) is 0 Å². The lowest BCUT2D eigenvalue weighted by molar-refractivity contribution is -1.63. The molecule has 0 unspecified atom stereocenters. The minimum atomic E-state index is -2.31. The molecule has 80 valence electrons. The highest BCUT2D eigenvalue weighted by atomic mass is 35.6. The Morgan fingerprint density at radius 2 is 1.31 bits per heavy atom. The van der Waals surface area contributed by atoms with E-state index in [0.29, 0.717) is 0 Å². The lowest BCUT2D eigenvalue weighted by Crippen LogP contribution is -2.37. The van der Waals surface area contributed by atoms with Crippen molar-refractivity contribution in [1.82, 2.24) is 0 Å². The SMILES string of the molecule is O=CO.[O-][Cl+2]([O-])OCCO[Cl+2]([O-])[O-]. The van der Waals surface area contributed by atoms with E-state index in [9.17, 15) is 18.6 Å². The van der Waals surface area contributed by atoms with Crippen LogP contribution in [0.2, 0.25) is 0 Å². The zero-order valence-electron chi connectivity index (χ0n) is 6.05. The van der Waals surface area contributed by atoms with E-state index in [1.54, 1.807) is 0 Å². The lowest BCUT2D eigenvalue weighted by Gasteiger charge is -1.92. The van der Waals surface area contributed by atoms with Gasteiger partial charge >= 0.3 is 0 Å². The molecule has 0 radical (unpaired) electrons. The predicted molar refractivity (Wildman–Crippen MR) is 20.6 cm³/mol. The third-order valence-electron chi connectivity index (χ3n) is 0.416. The van der Waals surface area contributed by atoms with E-state index in [4.69, 9.17) is 9.90 Å². The first-order chi connectivity index (χ1) is 6.04. The Hall–Kier alpha value is -0.190. The average Bonchev–Trinajstić information content (AvgIpc) is 1.99. The molecule has 0 rings (SSSR count). The summed E-state index contributed by atoms with van der Waals surface area (Å²) in [6, 6.07) is 0. The highest BCUT2D eigenvalue weighted by Gasteiger charge is 2.12. The maximum atomic E-state index is 9.57. The van der Waals surface area contributed by atoms with Crippen LogP contribution in [0.25, 0.3) is 0 Å². The number of carboxylic acid groups (broad SMARTS) is 1. The molecule has 0 aliphatic carbocycles. The van der Waals surface area contributed by atoms with Crippen LogP contribution in [0, 0.1) is 21.6 Å². The first-order valence-corrected chi connectivity index (χ1v) is 4.35. The van der Waals surface area contributed by atoms with E-state index >= 15 is 0 Å². The number of carbonyl (C=O) groups is 1. The molecular formula is C3H6Cl2O8. The van der Waals surface area contributed by atoms with E-state index in [-0.39, 0.29) is 19.7 Å². The molecule has 0 aromatic carbocycles. The van der Waals surface area contributed by atoms with Gasteiger partial charge in [0.15, 0.2) is 13.2 Å². The molecule has 0 bridgehead atoms. The van der Waals surface area contributed by atoms with Crippen molar-refractivity contribution in [1.29, 1.82) is 0 Å². The van der Waals surface area contributed by atoms with E-state index in [1.807, 2.05) is 0 Å². The maximum Gasteiger partial charge on any atom is 0.290 e. The summed E-state index contributed by atoms with van der Waals surface area (Å²) in [7, 11) is -4.63. The van der Waals surface area contributed by atoms with Gasteiger partial charge in [0.05, 0.1) is 0 Å². The van der Waals surface area contributed by atoms with Crippen molar-refractivity contribution < 1.29 is 58.7 Å². The average molecular weight is 241 g/mol. The Morgan fingerprint density at radius 1 is 1.08 bits per heavy atom. The van der Waals surface area contributed by atoms with E-state index in [0.717, 1.165) is 0 Å². The van der Waals surface area contributed by atoms with Crippen molar-refractivity contribution in [3.63, 3.8) is 0 Å². The third-order valence-corrected chi connectivity index (χ3v) is 1.08. The van der Waals surface area contributed by atoms with Gasteiger partial charge in [-0.3, -0.25) is 4.79 Å². The van der Waals surface area contributed by atoms with Crippen molar-refractivity contribution in [3.05, 3.63) is 0 Å². The molecule has 0 saturated carbocycles. The Kier molecular flexibility index (Phi) is 13.9. The van der Waals surface area contributed by atoms with Crippen LogP contribution >= 0.6 is 0 Å². The van der Waals surface area contributed by atoms with Gasteiger partial charge in [0.25, 0.3) is 28.0 Å². The van der Waals surface area contributed by atoms with Crippen LogP contribution in [0.4, 0.5) is 0 Å². The van der Waals surface area contributed by atoms with Crippen molar-refractivity contribution in [2.24, 2.45) is 0 Å². The molecule has 10 heteroatoms. The lowest BCUT2D eigenvalue weighted by atomic mass is 10.8. The largest absolute Gasteiger partial charge is 0.483 e. The van der Waals surface area contributed by atoms with Crippen molar-refractivity contribution >= 4 is 6.47 Å². The van der Waals surface area contributed by atoms with E-state index in [1.165, 1.54) is 0 Å². The molecule has 0 aromatic rings. The fourth-order valence-corrected chi connectivity index (χ4v) is 0.567. The monoisotopic (exact) mass is 240 g/mol. The summed E-state index contributed by atoms with van der Waals surface area (Å²) in [5, 5.41) is 6.89. The standard InChI is InChI=1S/C2H4Cl2O6.CH2O2/c5-3(6)9-1-2-10-4(7)8;2-1-3/h1-2H2;1H,(H,2,3). The molecule has 0 fully saturated rings. The molecule has 0 heterocycles. The number of hydrogen-bond acceptors (Lipinski definition) is 7. The molecule has 0 saturated heterocycles. The first-order valence-electron chi connectivity index (χ1n) is 2.50. The Balaban J connectivity index is 0.